The molecule has 1 aliphatic heterocycles. The van der Waals surface area contributed by atoms with Gasteiger partial charge in [0.2, 0.25) is 0 Å². The maximum absolute atomic E-state index is 5.91. The minimum Gasteiger partial charge on any atom is -0.348 e. The second kappa shape index (κ2) is 6.66. The Bertz CT molecular complexity index is 519. The normalized spacial score (nSPS) is 17.4. The van der Waals surface area contributed by atoms with Crippen LogP contribution < -0.4 is 0 Å². The number of halogens is 1. The van der Waals surface area contributed by atoms with E-state index in [1.807, 2.05) is 30.3 Å². The van der Waals surface area contributed by atoms with Crippen LogP contribution in [-0.2, 0) is 6.42 Å². The average Bonchev–Trinajstić information content (AvgIpc) is 2.96. The van der Waals surface area contributed by atoms with Gasteiger partial charge in [0, 0.05) is 34.9 Å². The molecule has 1 N–H and O–H groups in total. The van der Waals surface area contributed by atoms with Crippen LogP contribution >= 0.6 is 23.5 Å². The van der Waals surface area contributed by atoms with Crippen molar-refractivity contribution in [3.63, 3.8) is 0 Å². The molecule has 106 valence electrons. The molecule has 0 spiro atoms. The number of hydrogen-bond acceptors (Lipinski definition) is 3. The fourth-order valence-electron chi connectivity index (χ4n) is 2.56. The maximum Gasteiger partial charge on any atom is 0.0921 e. The molecule has 0 bridgehead atoms. The van der Waals surface area contributed by atoms with E-state index in [-0.39, 0.29) is 0 Å². The minimum absolute atomic E-state index is 0.775. The lowest BCUT2D eigenvalue weighted by Crippen LogP contribution is -2.29. The highest BCUT2D eigenvalue weighted by molar-refractivity contribution is 7.97. The van der Waals surface area contributed by atoms with Crippen molar-refractivity contribution in [2.24, 2.45) is 5.92 Å². The van der Waals surface area contributed by atoms with Crippen molar-refractivity contribution in [3.8, 4) is 0 Å². The molecule has 3 nitrogen and oxygen atoms in total. The second-order valence-electron chi connectivity index (χ2n) is 5.20. The van der Waals surface area contributed by atoms with Gasteiger partial charge in [-0.15, -0.1) is 0 Å². The zero-order valence-electron chi connectivity index (χ0n) is 11.3. The van der Waals surface area contributed by atoms with Crippen LogP contribution in [0.25, 0.3) is 0 Å². The van der Waals surface area contributed by atoms with Crippen LogP contribution in [0.4, 0.5) is 0 Å². The summed E-state index contributed by atoms with van der Waals surface area (Å²) in [5.74, 6) is 0.775. The number of piperidine rings is 1. The van der Waals surface area contributed by atoms with Gasteiger partial charge in [-0.05, 0) is 61.4 Å². The van der Waals surface area contributed by atoms with Gasteiger partial charge >= 0.3 is 0 Å². The van der Waals surface area contributed by atoms with Crippen molar-refractivity contribution in [3.05, 3.63) is 47.5 Å². The third-order valence-corrected chi connectivity index (χ3v) is 5.04. The van der Waals surface area contributed by atoms with E-state index < -0.39 is 0 Å². The van der Waals surface area contributed by atoms with Crippen molar-refractivity contribution in [2.75, 3.05) is 13.1 Å². The molecule has 0 saturated carbocycles. The van der Waals surface area contributed by atoms with Crippen LogP contribution in [-0.4, -0.2) is 27.4 Å². The summed E-state index contributed by atoms with van der Waals surface area (Å²) in [6.07, 6.45) is 7.33. The molecule has 0 unspecified atom stereocenters. The summed E-state index contributed by atoms with van der Waals surface area (Å²) in [5, 5.41) is 0.799. The number of H-pyrrole nitrogens is 1. The standard InChI is InChI=1S/C15H18ClN3S/c16-13-1-3-15(4-2-13)20-19-7-5-12(6-8-19)9-14-10-17-11-18-14/h1-4,10-12H,5-9H2,(H,17,18). The monoisotopic (exact) mass is 307 g/mol. The highest BCUT2D eigenvalue weighted by Crippen LogP contribution is 2.30. The molecule has 0 amide bonds. The van der Waals surface area contributed by atoms with Gasteiger partial charge in [0.25, 0.3) is 0 Å². The van der Waals surface area contributed by atoms with E-state index in [1.54, 1.807) is 6.33 Å². The number of hydrogen-bond donors (Lipinski definition) is 1. The zero-order chi connectivity index (χ0) is 13.8. The van der Waals surface area contributed by atoms with Gasteiger partial charge in [-0.1, -0.05) is 11.6 Å². The Morgan fingerprint density at radius 1 is 1.25 bits per heavy atom. The molecule has 0 atom stereocenters. The van der Waals surface area contributed by atoms with Crippen molar-refractivity contribution >= 4 is 23.5 Å². The Morgan fingerprint density at radius 3 is 2.65 bits per heavy atom. The van der Waals surface area contributed by atoms with Gasteiger partial charge in [-0.2, -0.15) is 0 Å². The second-order valence-corrected chi connectivity index (χ2v) is 6.81. The Balaban J connectivity index is 1.47. The van der Waals surface area contributed by atoms with Gasteiger partial charge < -0.3 is 4.98 Å². The van der Waals surface area contributed by atoms with Crippen LogP contribution in [0, 0.1) is 5.92 Å². The molecule has 1 fully saturated rings. The number of aromatic amines is 1. The van der Waals surface area contributed by atoms with Gasteiger partial charge in [-0.25, -0.2) is 9.29 Å². The smallest absolute Gasteiger partial charge is 0.0921 e. The molecule has 5 heteroatoms. The first-order valence-corrected chi connectivity index (χ1v) is 8.10. The number of imidazole rings is 1. The molecule has 0 radical (unpaired) electrons. The molecule has 1 saturated heterocycles. The molecule has 0 aliphatic carbocycles. The molecule has 20 heavy (non-hydrogen) atoms. The number of aromatic nitrogens is 2. The fraction of sp³-hybridized carbons (Fsp3) is 0.400. The molecule has 2 aromatic rings. The first kappa shape index (κ1) is 14.0. The van der Waals surface area contributed by atoms with Crippen molar-refractivity contribution in [2.45, 2.75) is 24.2 Å². The molecule has 3 rings (SSSR count). The van der Waals surface area contributed by atoms with Crippen molar-refractivity contribution in [1.82, 2.24) is 14.3 Å². The summed E-state index contributed by atoms with van der Waals surface area (Å²) < 4.78 is 2.45. The van der Waals surface area contributed by atoms with Gasteiger partial charge in [0.15, 0.2) is 0 Å². The predicted molar refractivity (Wildman–Crippen MR) is 83.9 cm³/mol. The first-order valence-electron chi connectivity index (χ1n) is 6.95. The molecule has 1 aromatic heterocycles. The number of nitrogens with zero attached hydrogens (tertiary/aromatic N) is 2. The van der Waals surface area contributed by atoms with Crippen LogP contribution in [0.3, 0.4) is 0 Å². The van der Waals surface area contributed by atoms with Crippen molar-refractivity contribution < 1.29 is 0 Å². The van der Waals surface area contributed by atoms with E-state index in [4.69, 9.17) is 11.6 Å². The lowest BCUT2D eigenvalue weighted by molar-refractivity contribution is 0.289. The highest BCUT2D eigenvalue weighted by atomic mass is 35.5. The summed E-state index contributed by atoms with van der Waals surface area (Å²) >= 11 is 7.75. The number of benzene rings is 1. The van der Waals surface area contributed by atoms with E-state index in [0.29, 0.717) is 0 Å². The van der Waals surface area contributed by atoms with Gasteiger partial charge in [0.1, 0.15) is 0 Å². The fourth-order valence-corrected chi connectivity index (χ4v) is 3.63. The maximum atomic E-state index is 5.91. The average molecular weight is 308 g/mol. The Morgan fingerprint density at radius 2 is 2.00 bits per heavy atom. The van der Waals surface area contributed by atoms with E-state index in [2.05, 4.69) is 26.4 Å². The Kier molecular flexibility index (Phi) is 4.65. The predicted octanol–water partition coefficient (Wildman–Crippen LogP) is 4.02. The lowest BCUT2D eigenvalue weighted by Gasteiger charge is -2.30. The van der Waals surface area contributed by atoms with Crippen LogP contribution in [0.15, 0.2) is 41.7 Å². The largest absolute Gasteiger partial charge is 0.348 e. The topological polar surface area (TPSA) is 31.9 Å². The van der Waals surface area contributed by atoms with E-state index >= 15 is 0 Å². The molecular formula is C15H18ClN3S. The number of nitrogens with one attached hydrogen (secondary N) is 1. The van der Waals surface area contributed by atoms with Crippen LogP contribution in [0.2, 0.25) is 5.02 Å². The van der Waals surface area contributed by atoms with Gasteiger partial charge in [-0.3, -0.25) is 0 Å². The Hall–Kier alpha value is -0.970. The first-order chi connectivity index (χ1) is 9.79. The van der Waals surface area contributed by atoms with E-state index in [1.165, 1.54) is 23.4 Å². The SMILES string of the molecule is Clc1ccc(SN2CCC(Cc3cnc[nH]3)CC2)cc1. The third-order valence-electron chi connectivity index (χ3n) is 3.69. The molecule has 1 aliphatic rings. The van der Waals surface area contributed by atoms with Crippen LogP contribution in [0.1, 0.15) is 18.5 Å². The molecule has 1 aromatic carbocycles. The van der Waals surface area contributed by atoms with Gasteiger partial charge in [0.05, 0.1) is 6.33 Å². The molecular weight excluding hydrogens is 290 g/mol. The minimum atomic E-state index is 0.775. The van der Waals surface area contributed by atoms with E-state index in [9.17, 15) is 0 Å². The number of rotatable bonds is 4. The zero-order valence-corrected chi connectivity index (χ0v) is 12.8. The van der Waals surface area contributed by atoms with E-state index in [0.717, 1.165) is 30.5 Å². The summed E-state index contributed by atoms with van der Waals surface area (Å²) in [7, 11) is 0. The molecule has 2 heterocycles. The summed E-state index contributed by atoms with van der Waals surface area (Å²) in [4.78, 5) is 8.55. The third kappa shape index (κ3) is 3.78. The Labute approximate surface area is 128 Å². The summed E-state index contributed by atoms with van der Waals surface area (Å²) in [5.41, 5.74) is 1.26. The highest BCUT2D eigenvalue weighted by Gasteiger charge is 2.20. The summed E-state index contributed by atoms with van der Waals surface area (Å²) in [6.45, 7) is 2.29. The summed E-state index contributed by atoms with van der Waals surface area (Å²) in [6, 6.07) is 8.08. The van der Waals surface area contributed by atoms with Crippen molar-refractivity contribution in [1.29, 1.82) is 0 Å². The van der Waals surface area contributed by atoms with Crippen LogP contribution in [0.5, 0.6) is 0 Å². The quantitative estimate of drug-likeness (QED) is 0.866. The lowest BCUT2D eigenvalue weighted by atomic mass is 9.93.